The van der Waals surface area contributed by atoms with E-state index in [2.05, 4.69) is 22.8 Å². The van der Waals surface area contributed by atoms with Crippen molar-refractivity contribution in [3.8, 4) is 0 Å². The van der Waals surface area contributed by atoms with Crippen LogP contribution >= 0.6 is 23.6 Å². The molecule has 1 aromatic heterocycles. The fourth-order valence-electron chi connectivity index (χ4n) is 1.92. The van der Waals surface area contributed by atoms with Crippen molar-refractivity contribution < 1.29 is 8.78 Å². The molecule has 0 unspecified atom stereocenters. The highest BCUT2D eigenvalue weighted by atomic mass is 32.1. The maximum absolute atomic E-state index is 13.6. The molecule has 0 fully saturated rings. The first kappa shape index (κ1) is 17.5. The van der Waals surface area contributed by atoms with E-state index in [9.17, 15) is 8.78 Å². The second kappa shape index (κ2) is 8.12. The van der Waals surface area contributed by atoms with E-state index in [0.717, 1.165) is 35.6 Å². The number of aryl methyl sites for hydroxylation is 1. The fraction of sp³-hybridized carbons (Fsp3) is 0.250. The summed E-state index contributed by atoms with van der Waals surface area (Å²) in [6.07, 6.45) is 1.75. The molecule has 1 heterocycles. The summed E-state index contributed by atoms with van der Waals surface area (Å²) in [6, 6.07) is 7.30. The minimum absolute atomic E-state index is 0.100. The highest BCUT2D eigenvalue weighted by Crippen LogP contribution is 2.18. The second-order valence-corrected chi connectivity index (χ2v) is 6.61. The van der Waals surface area contributed by atoms with Crippen LogP contribution in [-0.4, -0.2) is 10.8 Å². The normalized spacial score (nSPS) is 11.4. The van der Waals surface area contributed by atoms with Gasteiger partial charge < -0.3 is 5.32 Å². The van der Waals surface area contributed by atoms with Gasteiger partial charge in [-0.3, -0.25) is 5.43 Å². The van der Waals surface area contributed by atoms with Gasteiger partial charge >= 0.3 is 0 Å². The smallest absolute Gasteiger partial charge is 0.191 e. The SMILES string of the molecule is CCCC(=NNC(=S)Nc1ccc(F)cc1F)c1ccc(C)s1. The Hall–Kier alpha value is -1.86. The van der Waals surface area contributed by atoms with Gasteiger partial charge in [0.1, 0.15) is 11.6 Å². The minimum Gasteiger partial charge on any atom is -0.329 e. The summed E-state index contributed by atoms with van der Waals surface area (Å²) in [5.74, 6) is -1.34. The summed E-state index contributed by atoms with van der Waals surface area (Å²) >= 11 is 6.76. The van der Waals surface area contributed by atoms with Crippen molar-refractivity contribution in [1.82, 2.24) is 5.43 Å². The molecular weight excluding hydrogens is 336 g/mol. The van der Waals surface area contributed by atoms with E-state index >= 15 is 0 Å². The molecule has 0 amide bonds. The molecule has 0 spiro atoms. The third-order valence-corrected chi connectivity index (χ3v) is 4.23. The number of hydrogen-bond donors (Lipinski definition) is 2. The van der Waals surface area contributed by atoms with Gasteiger partial charge in [-0.2, -0.15) is 5.10 Å². The third kappa shape index (κ3) is 5.07. The number of rotatable bonds is 5. The molecule has 3 nitrogen and oxygen atoms in total. The Labute approximate surface area is 143 Å². The van der Waals surface area contributed by atoms with Crippen LogP contribution in [0.25, 0.3) is 0 Å². The largest absolute Gasteiger partial charge is 0.329 e. The highest BCUT2D eigenvalue weighted by Gasteiger charge is 2.08. The number of hydrazone groups is 1. The summed E-state index contributed by atoms with van der Waals surface area (Å²) in [4.78, 5) is 2.28. The first-order valence-electron chi connectivity index (χ1n) is 7.15. The van der Waals surface area contributed by atoms with Crippen LogP contribution in [0.3, 0.4) is 0 Å². The lowest BCUT2D eigenvalue weighted by molar-refractivity contribution is 0.586. The van der Waals surface area contributed by atoms with Crippen LogP contribution in [0.5, 0.6) is 0 Å². The molecule has 23 heavy (non-hydrogen) atoms. The van der Waals surface area contributed by atoms with Gasteiger partial charge in [-0.1, -0.05) is 13.3 Å². The zero-order chi connectivity index (χ0) is 16.8. The highest BCUT2D eigenvalue weighted by molar-refractivity contribution is 7.80. The van der Waals surface area contributed by atoms with Crippen molar-refractivity contribution in [2.24, 2.45) is 5.10 Å². The maximum atomic E-state index is 13.6. The number of anilines is 1. The summed E-state index contributed by atoms with van der Waals surface area (Å²) < 4.78 is 26.5. The molecule has 1 aromatic carbocycles. The Morgan fingerprint density at radius 1 is 1.26 bits per heavy atom. The molecule has 2 rings (SSSR count). The Morgan fingerprint density at radius 2 is 2.04 bits per heavy atom. The molecule has 2 N–H and O–H groups in total. The molecule has 0 bridgehead atoms. The van der Waals surface area contributed by atoms with Crippen LogP contribution in [0.4, 0.5) is 14.5 Å². The average Bonchev–Trinajstić information content (AvgIpc) is 2.93. The lowest BCUT2D eigenvalue weighted by Gasteiger charge is -2.09. The zero-order valence-corrected chi connectivity index (χ0v) is 14.5. The first-order valence-corrected chi connectivity index (χ1v) is 8.37. The molecule has 0 saturated heterocycles. The number of thiophene rings is 1. The van der Waals surface area contributed by atoms with E-state index in [4.69, 9.17) is 12.2 Å². The molecule has 0 saturated carbocycles. The number of hydrogen-bond acceptors (Lipinski definition) is 3. The quantitative estimate of drug-likeness (QED) is 0.459. The number of benzene rings is 1. The van der Waals surface area contributed by atoms with E-state index in [0.29, 0.717) is 0 Å². The fourth-order valence-corrected chi connectivity index (χ4v) is 2.96. The average molecular weight is 353 g/mol. The zero-order valence-electron chi connectivity index (χ0n) is 12.8. The van der Waals surface area contributed by atoms with E-state index in [1.165, 1.54) is 10.9 Å². The lowest BCUT2D eigenvalue weighted by atomic mass is 10.2. The summed E-state index contributed by atoms with van der Waals surface area (Å²) in [6.45, 7) is 4.11. The van der Waals surface area contributed by atoms with Crippen LogP contribution in [0.15, 0.2) is 35.4 Å². The van der Waals surface area contributed by atoms with Crippen LogP contribution in [0.2, 0.25) is 0 Å². The molecule has 122 valence electrons. The van der Waals surface area contributed by atoms with E-state index in [-0.39, 0.29) is 10.8 Å². The minimum atomic E-state index is -0.708. The van der Waals surface area contributed by atoms with E-state index < -0.39 is 11.6 Å². The number of nitrogens with zero attached hydrogens (tertiary/aromatic N) is 1. The van der Waals surface area contributed by atoms with Crippen LogP contribution < -0.4 is 10.7 Å². The van der Waals surface area contributed by atoms with Gasteiger partial charge in [0.05, 0.1) is 16.3 Å². The van der Waals surface area contributed by atoms with Crippen molar-refractivity contribution in [1.29, 1.82) is 0 Å². The van der Waals surface area contributed by atoms with Crippen molar-refractivity contribution in [2.45, 2.75) is 26.7 Å². The van der Waals surface area contributed by atoms with Crippen molar-refractivity contribution in [3.63, 3.8) is 0 Å². The van der Waals surface area contributed by atoms with E-state index in [1.807, 2.05) is 19.1 Å². The second-order valence-electron chi connectivity index (χ2n) is 4.91. The Balaban J connectivity index is 2.05. The molecular formula is C16H17F2N3S2. The molecule has 2 aromatic rings. The number of nitrogens with one attached hydrogen (secondary N) is 2. The maximum Gasteiger partial charge on any atom is 0.191 e. The van der Waals surface area contributed by atoms with Gasteiger partial charge in [0.2, 0.25) is 0 Å². The number of halogens is 2. The predicted octanol–water partition coefficient (Wildman–Crippen LogP) is 4.83. The van der Waals surface area contributed by atoms with Gasteiger partial charge in [0.25, 0.3) is 0 Å². The Morgan fingerprint density at radius 3 is 2.65 bits per heavy atom. The van der Waals surface area contributed by atoms with Crippen LogP contribution in [-0.2, 0) is 0 Å². The molecule has 0 radical (unpaired) electrons. The molecule has 0 atom stereocenters. The van der Waals surface area contributed by atoms with Crippen molar-refractivity contribution in [2.75, 3.05) is 5.32 Å². The monoisotopic (exact) mass is 353 g/mol. The van der Waals surface area contributed by atoms with Crippen LogP contribution in [0.1, 0.15) is 29.5 Å². The topological polar surface area (TPSA) is 36.4 Å². The third-order valence-electron chi connectivity index (χ3n) is 2.98. The van der Waals surface area contributed by atoms with Gasteiger partial charge in [0.15, 0.2) is 5.11 Å². The lowest BCUT2D eigenvalue weighted by Crippen LogP contribution is -2.25. The van der Waals surface area contributed by atoms with E-state index in [1.54, 1.807) is 11.3 Å². The van der Waals surface area contributed by atoms with Gasteiger partial charge in [0, 0.05) is 10.9 Å². The first-order chi connectivity index (χ1) is 11.0. The molecule has 7 heteroatoms. The summed E-state index contributed by atoms with van der Waals surface area (Å²) in [5, 5.41) is 7.13. The Bertz CT molecular complexity index is 726. The Kier molecular flexibility index (Phi) is 6.18. The van der Waals surface area contributed by atoms with Gasteiger partial charge in [-0.15, -0.1) is 11.3 Å². The predicted molar refractivity (Wildman–Crippen MR) is 96.2 cm³/mol. The van der Waals surface area contributed by atoms with Gasteiger partial charge in [-0.25, -0.2) is 8.78 Å². The summed E-state index contributed by atoms with van der Waals surface area (Å²) in [5.41, 5.74) is 3.72. The summed E-state index contributed by atoms with van der Waals surface area (Å²) in [7, 11) is 0. The number of thiocarbonyl (C=S) groups is 1. The molecule has 0 aliphatic carbocycles. The van der Waals surface area contributed by atoms with Crippen molar-refractivity contribution in [3.05, 3.63) is 51.7 Å². The molecule has 0 aliphatic rings. The van der Waals surface area contributed by atoms with Gasteiger partial charge in [-0.05, 0) is 49.8 Å². The standard InChI is InChI=1S/C16H17F2N3S2/c1-3-4-14(15-8-5-10(2)23-15)20-21-16(22)19-13-7-6-11(17)9-12(13)18/h5-9H,3-4H2,1-2H3,(H2,19,21,22). The molecule has 0 aliphatic heterocycles. The van der Waals surface area contributed by atoms with Crippen molar-refractivity contribution >= 4 is 40.1 Å². The van der Waals surface area contributed by atoms with Crippen LogP contribution in [0, 0.1) is 18.6 Å².